The Hall–Kier alpha value is -3.10. The molecule has 1 atom stereocenters. The Kier molecular flexibility index (Phi) is 5.81. The van der Waals surface area contributed by atoms with Crippen molar-refractivity contribution in [1.82, 2.24) is 10.5 Å². The number of aromatic nitrogens is 1. The van der Waals surface area contributed by atoms with Gasteiger partial charge >= 0.3 is 0 Å². The summed E-state index contributed by atoms with van der Waals surface area (Å²) in [7, 11) is 4.88. The molecule has 1 amide bonds. The lowest BCUT2D eigenvalue weighted by Crippen LogP contribution is -2.33. The van der Waals surface area contributed by atoms with Crippen molar-refractivity contribution in [2.45, 2.75) is 25.9 Å². The Balaban J connectivity index is 1.85. The normalized spacial score (nSPS) is 15.8. The minimum atomic E-state index is -0.505. The van der Waals surface area contributed by atoms with Crippen LogP contribution >= 0.6 is 0 Å². The third kappa shape index (κ3) is 3.92. The largest absolute Gasteiger partial charge is 0.494 e. The van der Waals surface area contributed by atoms with Crippen molar-refractivity contribution in [3.63, 3.8) is 0 Å². The van der Waals surface area contributed by atoms with Crippen LogP contribution in [0.2, 0.25) is 0 Å². The Morgan fingerprint density at radius 3 is 2.86 bits per heavy atom. The minimum Gasteiger partial charge on any atom is -0.494 e. The van der Waals surface area contributed by atoms with Gasteiger partial charge in [-0.3, -0.25) is 4.79 Å². The van der Waals surface area contributed by atoms with Crippen LogP contribution in [0.15, 0.2) is 27.9 Å². The zero-order valence-corrected chi connectivity index (χ0v) is 16.3. The monoisotopic (exact) mass is 390 g/mol. The quantitative estimate of drug-likeness (QED) is 0.782. The molecular formula is C19H23FN4O4. The highest BCUT2D eigenvalue weighted by molar-refractivity contribution is 6.04. The molecule has 1 aromatic carbocycles. The highest BCUT2D eigenvalue weighted by Crippen LogP contribution is 2.33. The van der Waals surface area contributed by atoms with Crippen LogP contribution in [0.4, 0.5) is 10.2 Å². The number of carbonyl (C=O) groups excluding carboxylic acids is 1. The summed E-state index contributed by atoms with van der Waals surface area (Å²) in [5, 5.41) is 10.8. The van der Waals surface area contributed by atoms with E-state index in [2.05, 4.69) is 15.6 Å². The first-order valence-electron chi connectivity index (χ1n) is 8.95. The van der Waals surface area contributed by atoms with Gasteiger partial charge in [-0.2, -0.15) is 0 Å². The van der Waals surface area contributed by atoms with Gasteiger partial charge in [-0.1, -0.05) is 17.2 Å². The van der Waals surface area contributed by atoms with Crippen LogP contribution in [-0.2, 0) is 4.84 Å². The number of methoxy groups -OCH3 is 1. The lowest BCUT2D eigenvalue weighted by molar-refractivity contribution is 0.0754. The number of benzene rings is 1. The number of halogens is 1. The number of amides is 1. The van der Waals surface area contributed by atoms with Gasteiger partial charge < -0.3 is 24.3 Å². The highest BCUT2D eigenvalue weighted by atomic mass is 19.1. The van der Waals surface area contributed by atoms with Gasteiger partial charge in [0.2, 0.25) is 0 Å². The van der Waals surface area contributed by atoms with Gasteiger partial charge in [-0.25, -0.2) is 4.39 Å². The maximum atomic E-state index is 13.7. The van der Waals surface area contributed by atoms with E-state index in [9.17, 15) is 9.18 Å². The van der Waals surface area contributed by atoms with Crippen LogP contribution in [0.25, 0.3) is 11.3 Å². The summed E-state index contributed by atoms with van der Waals surface area (Å²) in [6.07, 6.45) is 1.30. The molecule has 1 aliphatic rings. The average molecular weight is 390 g/mol. The first-order valence-corrected chi connectivity index (χ1v) is 8.95. The smallest absolute Gasteiger partial charge is 0.259 e. The first-order chi connectivity index (χ1) is 13.4. The Morgan fingerprint density at radius 2 is 2.21 bits per heavy atom. The highest BCUT2D eigenvalue weighted by Gasteiger charge is 2.28. The molecule has 9 heteroatoms. The van der Waals surface area contributed by atoms with E-state index < -0.39 is 5.82 Å². The van der Waals surface area contributed by atoms with Gasteiger partial charge in [-0.15, -0.1) is 0 Å². The maximum absolute atomic E-state index is 13.7. The van der Waals surface area contributed by atoms with E-state index in [1.165, 1.54) is 25.3 Å². The third-order valence-corrected chi connectivity index (χ3v) is 4.43. The molecule has 0 bridgehead atoms. The molecule has 0 saturated heterocycles. The number of hydrogen-bond donors (Lipinski definition) is 1. The molecule has 1 aromatic heterocycles. The molecule has 2 heterocycles. The van der Waals surface area contributed by atoms with E-state index in [0.29, 0.717) is 24.3 Å². The number of carbonyl (C=O) groups is 1. The van der Waals surface area contributed by atoms with Crippen molar-refractivity contribution in [2.75, 3.05) is 32.6 Å². The lowest BCUT2D eigenvalue weighted by Gasteiger charge is -2.13. The molecule has 0 fully saturated rings. The molecular weight excluding hydrogens is 367 g/mol. The van der Waals surface area contributed by atoms with E-state index in [1.54, 1.807) is 19.0 Å². The second-order valence-electron chi connectivity index (χ2n) is 6.61. The maximum Gasteiger partial charge on any atom is 0.259 e. The Morgan fingerprint density at radius 1 is 1.43 bits per heavy atom. The fourth-order valence-corrected chi connectivity index (χ4v) is 2.89. The predicted octanol–water partition coefficient (Wildman–Crippen LogP) is 2.84. The molecule has 0 spiro atoms. The zero-order chi connectivity index (χ0) is 20.3. The van der Waals surface area contributed by atoms with Crippen molar-refractivity contribution >= 4 is 17.4 Å². The van der Waals surface area contributed by atoms with E-state index in [4.69, 9.17) is 14.1 Å². The van der Waals surface area contributed by atoms with Gasteiger partial charge in [-0.05, 0) is 24.6 Å². The van der Waals surface area contributed by atoms with Gasteiger partial charge in [0.25, 0.3) is 5.91 Å². The number of nitrogens with one attached hydrogen (secondary N) is 1. The van der Waals surface area contributed by atoms with Crippen LogP contribution in [0, 0.1) is 5.82 Å². The van der Waals surface area contributed by atoms with Gasteiger partial charge in [0, 0.05) is 26.1 Å². The van der Waals surface area contributed by atoms with Crippen molar-refractivity contribution in [1.29, 1.82) is 0 Å². The third-order valence-electron chi connectivity index (χ3n) is 4.43. The molecule has 0 radical (unpaired) electrons. The number of ether oxygens (including phenoxy) is 1. The van der Waals surface area contributed by atoms with Crippen LogP contribution in [0.5, 0.6) is 5.75 Å². The summed E-state index contributed by atoms with van der Waals surface area (Å²) in [5.74, 6) is -0.215. The number of oxime groups is 1. The molecule has 0 aliphatic carbocycles. The molecule has 28 heavy (non-hydrogen) atoms. The summed E-state index contributed by atoms with van der Waals surface area (Å²) in [4.78, 5) is 19.9. The zero-order valence-electron chi connectivity index (χ0n) is 16.3. The summed E-state index contributed by atoms with van der Waals surface area (Å²) in [6, 6.07) is 4.23. The SMILES string of the molecule is CCC1=NOC(CNC(=O)c2c(N(C)C)noc2-c2ccc(F)c(OC)c2)C1. The fraction of sp³-hybridized carbons (Fsp3) is 0.421. The van der Waals surface area contributed by atoms with Gasteiger partial charge in [0.05, 0.1) is 19.4 Å². The molecule has 2 aromatic rings. The predicted molar refractivity (Wildman–Crippen MR) is 102 cm³/mol. The number of hydrogen-bond acceptors (Lipinski definition) is 7. The number of anilines is 1. The molecule has 1 aliphatic heterocycles. The summed E-state index contributed by atoms with van der Waals surface area (Å²) < 4.78 is 24.2. The number of nitrogens with zero attached hydrogens (tertiary/aromatic N) is 3. The topological polar surface area (TPSA) is 89.2 Å². The van der Waals surface area contributed by atoms with Crippen LogP contribution in [0.1, 0.15) is 30.1 Å². The van der Waals surface area contributed by atoms with Gasteiger partial charge in [0.15, 0.2) is 23.1 Å². The van der Waals surface area contributed by atoms with E-state index in [1.807, 2.05) is 6.92 Å². The van der Waals surface area contributed by atoms with Gasteiger partial charge in [0.1, 0.15) is 11.7 Å². The van der Waals surface area contributed by atoms with Crippen molar-refractivity contribution in [2.24, 2.45) is 5.16 Å². The van der Waals surface area contributed by atoms with E-state index in [-0.39, 0.29) is 29.1 Å². The van der Waals surface area contributed by atoms with Crippen LogP contribution in [0.3, 0.4) is 0 Å². The standard InChI is InChI=1S/C19H23FN4O4/c1-5-12-9-13(27-22-12)10-21-19(25)16-17(28-23-18(16)24(2)3)11-6-7-14(20)15(8-11)26-4/h6-8,13H,5,9-10H2,1-4H3,(H,21,25). The van der Waals surface area contributed by atoms with Crippen molar-refractivity contribution < 1.29 is 23.3 Å². The van der Waals surface area contributed by atoms with Crippen LogP contribution in [-0.4, -0.2) is 50.6 Å². The van der Waals surface area contributed by atoms with E-state index >= 15 is 0 Å². The molecule has 0 saturated carbocycles. The summed E-state index contributed by atoms with van der Waals surface area (Å²) in [6.45, 7) is 2.31. The summed E-state index contributed by atoms with van der Waals surface area (Å²) >= 11 is 0. The average Bonchev–Trinajstić information content (AvgIpc) is 3.33. The summed E-state index contributed by atoms with van der Waals surface area (Å²) in [5.41, 5.74) is 1.71. The second kappa shape index (κ2) is 8.28. The Bertz CT molecular complexity index is 894. The van der Waals surface area contributed by atoms with Crippen molar-refractivity contribution in [3.8, 4) is 17.1 Å². The second-order valence-corrected chi connectivity index (χ2v) is 6.61. The Labute approximate surface area is 162 Å². The van der Waals surface area contributed by atoms with Crippen molar-refractivity contribution in [3.05, 3.63) is 29.6 Å². The first kappa shape index (κ1) is 19.7. The minimum absolute atomic E-state index is 0.0512. The molecule has 8 nitrogen and oxygen atoms in total. The fourth-order valence-electron chi connectivity index (χ4n) is 2.89. The molecule has 3 rings (SSSR count). The molecule has 1 N–H and O–H groups in total. The lowest BCUT2D eigenvalue weighted by atomic mass is 10.1. The van der Waals surface area contributed by atoms with E-state index in [0.717, 1.165) is 12.1 Å². The molecule has 150 valence electrons. The number of rotatable bonds is 7. The van der Waals surface area contributed by atoms with Crippen LogP contribution < -0.4 is 15.0 Å². The molecule has 1 unspecified atom stereocenters.